The summed E-state index contributed by atoms with van der Waals surface area (Å²) in [6, 6.07) is 0. The van der Waals surface area contributed by atoms with Crippen LogP contribution in [-0.2, 0) is 15.7 Å². The Morgan fingerprint density at radius 2 is 2.54 bits per heavy atom. The first kappa shape index (κ1) is 9.21. The summed E-state index contributed by atoms with van der Waals surface area (Å²) in [5.41, 5.74) is 0.698. The maximum atomic E-state index is 5.67. The minimum atomic E-state index is -0.250. The molecule has 0 N–H and O–H groups in total. The number of ether oxygens (including phenoxy) is 1. The number of aromatic nitrogens is 1. The zero-order valence-electron chi connectivity index (χ0n) is 7.55. The molecule has 1 aromatic heterocycles. The van der Waals surface area contributed by atoms with Gasteiger partial charge >= 0.3 is 0 Å². The highest BCUT2D eigenvalue weighted by Crippen LogP contribution is 2.37. The van der Waals surface area contributed by atoms with E-state index in [-0.39, 0.29) is 5.60 Å². The van der Waals surface area contributed by atoms with E-state index in [1.165, 1.54) is 6.39 Å². The first-order valence-corrected chi connectivity index (χ1v) is 5.51. The highest BCUT2D eigenvalue weighted by molar-refractivity contribution is 9.08. The maximum absolute atomic E-state index is 5.67. The van der Waals surface area contributed by atoms with Gasteiger partial charge in [-0.2, -0.15) is 0 Å². The van der Waals surface area contributed by atoms with Crippen molar-refractivity contribution >= 4 is 15.9 Å². The van der Waals surface area contributed by atoms with Crippen LogP contribution in [0.1, 0.15) is 31.2 Å². The van der Waals surface area contributed by atoms with Gasteiger partial charge in [-0.25, -0.2) is 4.98 Å². The Kier molecular flexibility index (Phi) is 2.43. The lowest BCUT2D eigenvalue weighted by Crippen LogP contribution is -2.20. The minimum Gasteiger partial charge on any atom is -0.445 e. The van der Waals surface area contributed by atoms with Crippen molar-refractivity contribution in [2.75, 3.05) is 6.61 Å². The standard InChI is InChI=1S/C9H12BrNO2/c1-9(3-2-4-13-9)8-7(5-10)11-6-12-8/h6H,2-5H2,1H3. The SMILES string of the molecule is CC1(c2ocnc2CBr)CCCO1. The zero-order chi connectivity index (χ0) is 9.31. The number of alkyl halides is 1. The van der Waals surface area contributed by atoms with Crippen LogP contribution in [0.2, 0.25) is 0 Å². The van der Waals surface area contributed by atoms with Crippen molar-refractivity contribution in [3.63, 3.8) is 0 Å². The van der Waals surface area contributed by atoms with E-state index in [0.717, 1.165) is 36.2 Å². The van der Waals surface area contributed by atoms with E-state index in [9.17, 15) is 0 Å². The van der Waals surface area contributed by atoms with Crippen LogP contribution in [0.15, 0.2) is 10.8 Å². The summed E-state index contributed by atoms with van der Waals surface area (Å²) in [4.78, 5) is 4.13. The third kappa shape index (κ3) is 1.53. The molecule has 72 valence electrons. The van der Waals surface area contributed by atoms with Gasteiger partial charge in [0.2, 0.25) is 0 Å². The smallest absolute Gasteiger partial charge is 0.181 e. The van der Waals surface area contributed by atoms with Gasteiger partial charge in [0.25, 0.3) is 0 Å². The molecule has 3 nitrogen and oxygen atoms in total. The summed E-state index contributed by atoms with van der Waals surface area (Å²) in [5, 5.41) is 0.720. The van der Waals surface area contributed by atoms with Crippen LogP contribution in [0, 0.1) is 0 Å². The Bertz CT molecular complexity index is 292. The van der Waals surface area contributed by atoms with Crippen molar-refractivity contribution in [1.82, 2.24) is 4.98 Å². The number of halogens is 1. The van der Waals surface area contributed by atoms with Crippen molar-refractivity contribution in [2.24, 2.45) is 0 Å². The van der Waals surface area contributed by atoms with E-state index in [4.69, 9.17) is 9.15 Å². The van der Waals surface area contributed by atoms with Crippen LogP contribution in [0.5, 0.6) is 0 Å². The lowest BCUT2D eigenvalue weighted by Gasteiger charge is -2.20. The third-order valence-electron chi connectivity index (χ3n) is 2.47. The van der Waals surface area contributed by atoms with Crippen molar-refractivity contribution in [3.8, 4) is 0 Å². The second kappa shape index (κ2) is 3.42. The summed E-state index contributed by atoms with van der Waals surface area (Å²) >= 11 is 3.38. The molecule has 1 atom stereocenters. The lowest BCUT2D eigenvalue weighted by atomic mass is 9.98. The molecule has 0 amide bonds. The first-order valence-electron chi connectivity index (χ1n) is 4.39. The maximum Gasteiger partial charge on any atom is 0.181 e. The van der Waals surface area contributed by atoms with Crippen molar-refractivity contribution in [1.29, 1.82) is 0 Å². The van der Waals surface area contributed by atoms with Crippen molar-refractivity contribution < 1.29 is 9.15 Å². The van der Waals surface area contributed by atoms with Crippen LogP contribution >= 0.6 is 15.9 Å². The van der Waals surface area contributed by atoms with Crippen LogP contribution in [0.3, 0.4) is 0 Å². The van der Waals surface area contributed by atoms with Crippen molar-refractivity contribution in [2.45, 2.75) is 30.7 Å². The van der Waals surface area contributed by atoms with Crippen LogP contribution in [0.25, 0.3) is 0 Å². The predicted octanol–water partition coefficient (Wildman–Crippen LogP) is 2.60. The molecule has 1 saturated heterocycles. The van der Waals surface area contributed by atoms with E-state index in [1.54, 1.807) is 0 Å². The quantitative estimate of drug-likeness (QED) is 0.752. The fourth-order valence-corrected chi connectivity index (χ4v) is 2.15. The van der Waals surface area contributed by atoms with Gasteiger partial charge < -0.3 is 9.15 Å². The average molecular weight is 246 g/mol. The molecule has 4 heteroatoms. The van der Waals surface area contributed by atoms with Gasteiger partial charge in [-0.05, 0) is 19.8 Å². The van der Waals surface area contributed by atoms with Gasteiger partial charge in [-0.3, -0.25) is 0 Å². The molecule has 1 aliphatic rings. The van der Waals surface area contributed by atoms with E-state index in [1.807, 2.05) is 0 Å². The second-order valence-electron chi connectivity index (χ2n) is 3.44. The Balaban J connectivity index is 2.32. The van der Waals surface area contributed by atoms with E-state index < -0.39 is 0 Å². The van der Waals surface area contributed by atoms with E-state index in [2.05, 4.69) is 27.8 Å². The Morgan fingerprint density at radius 1 is 1.69 bits per heavy atom. The summed E-state index contributed by atoms with van der Waals surface area (Å²) in [7, 11) is 0. The summed E-state index contributed by atoms with van der Waals surface area (Å²) < 4.78 is 11.0. The fraction of sp³-hybridized carbons (Fsp3) is 0.667. The molecule has 2 rings (SSSR count). The molecule has 1 unspecified atom stereocenters. The highest BCUT2D eigenvalue weighted by Gasteiger charge is 2.37. The molecule has 2 heterocycles. The number of nitrogens with zero attached hydrogens (tertiary/aromatic N) is 1. The molecular weight excluding hydrogens is 234 g/mol. The Hall–Kier alpha value is -0.350. The topological polar surface area (TPSA) is 35.3 Å². The summed E-state index contributed by atoms with van der Waals surface area (Å²) in [5.74, 6) is 0.877. The highest BCUT2D eigenvalue weighted by atomic mass is 79.9. The second-order valence-corrected chi connectivity index (χ2v) is 4.01. The molecule has 0 saturated carbocycles. The van der Waals surface area contributed by atoms with Gasteiger partial charge in [0.05, 0.1) is 5.69 Å². The molecule has 0 radical (unpaired) electrons. The molecular formula is C9H12BrNO2. The number of oxazole rings is 1. The monoisotopic (exact) mass is 245 g/mol. The van der Waals surface area contributed by atoms with E-state index in [0.29, 0.717) is 0 Å². The molecule has 0 bridgehead atoms. The lowest BCUT2D eigenvalue weighted by molar-refractivity contribution is -0.00153. The molecule has 1 aromatic rings. The molecule has 0 aromatic carbocycles. The molecule has 1 fully saturated rings. The molecule has 13 heavy (non-hydrogen) atoms. The first-order chi connectivity index (χ1) is 6.26. The van der Waals surface area contributed by atoms with Gasteiger partial charge in [0.15, 0.2) is 12.2 Å². The fourth-order valence-electron chi connectivity index (χ4n) is 1.75. The van der Waals surface area contributed by atoms with Gasteiger partial charge in [0, 0.05) is 11.9 Å². The van der Waals surface area contributed by atoms with Gasteiger partial charge in [-0.1, -0.05) is 15.9 Å². The molecule has 1 aliphatic heterocycles. The predicted molar refractivity (Wildman–Crippen MR) is 51.7 cm³/mol. The van der Waals surface area contributed by atoms with Crippen LogP contribution < -0.4 is 0 Å². The number of rotatable bonds is 2. The summed E-state index contributed by atoms with van der Waals surface area (Å²) in [6.45, 7) is 2.88. The number of hydrogen-bond donors (Lipinski definition) is 0. The Labute approximate surface area is 85.6 Å². The van der Waals surface area contributed by atoms with Crippen LogP contribution in [-0.4, -0.2) is 11.6 Å². The largest absolute Gasteiger partial charge is 0.445 e. The van der Waals surface area contributed by atoms with Gasteiger partial charge in [0.1, 0.15) is 5.60 Å². The normalized spacial score (nSPS) is 28.2. The average Bonchev–Trinajstić information content (AvgIpc) is 2.72. The van der Waals surface area contributed by atoms with Gasteiger partial charge in [-0.15, -0.1) is 0 Å². The van der Waals surface area contributed by atoms with E-state index >= 15 is 0 Å². The molecule has 0 spiro atoms. The van der Waals surface area contributed by atoms with Crippen LogP contribution in [0.4, 0.5) is 0 Å². The Morgan fingerprint density at radius 3 is 3.15 bits per heavy atom. The number of hydrogen-bond acceptors (Lipinski definition) is 3. The minimum absolute atomic E-state index is 0.250. The summed E-state index contributed by atoms with van der Waals surface area (Å²) in [6.07, 6.45) is 3.60. The third-order valence-corrected chi connectivity index (χ3v) is 3.00. The van der Waals surface area contributed by atoms with Crippen molar-refractivity contribution in [3.05, 3.63) is 17.8 Å². The molecule has 0 aliphatic carbocycles. The zero-order valence-corrected chi connectivity index (χ0v) is 9.13.